The monoisotopic (exact) mass is 633 g/mol. The van der Waals surface area contributed by atoms with Gasteiger partial charge in [-0.2, -0.15) is 0 Å². The fourth-order valence-corrected chi connectivity index (χ4v) is 5.58. The molecule has 3 aromatic rings. The second kappa shape index (κ2) is 9.32. The Morgan fingerprint density at radius 1 is 1.14 bits per heavy atom. The lowest BCUT2D eigenvalue weighted by Crippen LogP contribution is -2.30. The molecule has 1 aromatic heterocycles. The molecule has 1 saturated carbocycles. The zero-order chi connectivity index (χ0) is 26.6. The molecular weight excluding hydrogens is 608 g/mol. The van der Waals surface area contributed by atoms with Crippen molar-refractivity contribution in [1.29, 1.82) is 0 Å². The lowest BCUT2D eigenvalue weighted by atomic mass is 9.94. The normalized spacial score (nSPS) is 15.3. The zero-order valence-corrected chi connectivity index (χ0v) is 23.5. The predicted molar refractivity (Wildman–Crippen MR) is 153 cm³/mol. The fraction of sp³-hybridized carbons (Fsp3) is 0.222. The van der Waals surface area contributed by atoms with Gasteiger partial charge in [0, 0.05) is 32.1 Å². The second-order valence-corrected chi connectivity index (χ2v) is 12.3. The summed E-state index contributed by atoms with van der Waals surface area (Å²) in [6.45, 7) is 7.67. The number of nitrogens with zero attached hydrogens (tertiary/aromatic N) is 1. The molecule has 1 aliphatic carbocycles. The summed E-state index contributed by atoms with van der Waals surface area (Å²) in [6.07, 6.45) is 2.83. The highest BCUT2D eigenvalue weighted by atomic mass is 127. The Balaban J connectivity index is 1.77. The second-order valence-electron chi connectivity index (χ2n) is 9.30. The molecule has 2 aliphatic rings. The van der Waals surface area contributed by atoms with Crippen molar-refractivity contribution in [2.75, 3.05) is 16.3 Å². The van der Waals surface area contributed by atoms with Gasteiger partial charge in [0.2, 0.25) is 10.0 Å². The fourth-order valence-electron chi connectivity index (χ4n) is 4.58. The lowest BCUT2D eigenvalue weighted by Gasteiger charge is -2.29. The quantitative estimate of drug-likeness (QED) is 0.324. The van der Waals surface area contributed by atoms with Crippen molar-refractivity contribution in [2.24, 2.45) is 0 Å². The van der Waals surface area contributed by atoms with Crippen molar-refractivity contribution in [3.05, 3.63) is 91.4 Å². The molecule has 0 unspecified atom stereocenters. The first-order chi connectivity index (χ1) is 17.4. The van der Waals surface area contributed by atoms with Gasteiger partial charge in [0.15, 0.2) is 5.75 Å². The van der Waals surface area contributed by atoms with E-state index in [-0.39, 0.29) is 22.9 Å². The number of pyridine rings is 1. The minimum atomic E-state index is -3.49. The van der Waals surface area contributed by atoms with Crippen LogP contribution in [-0.4, -0.2) is 19.2 Å². The molecule has 192 valence electrons. The topological polar surface area (TPSA) is 89.4 Å². The molecule has 2 aromatic carbocycles. The minimum absolute atomic E-state index is 0.0515. The van der Waals surface area contributed by atoms with Crippen LogP contribution in [0.1, 0.15) is 37.1 Å². The number of halogens is 2. The third kappa shape index (κ3) is 4.91. The molecule has 1 fully saturated rings. The van der Waals surface area contributed by atoms with Crippen LogP contribution in [0.15, 0.2) is 65.2 Å². The lowest BCUT2D eigenvalue weighted by molar-refractivity contribution is 0.429. The van der Waals surface area contributed by atoms with Gasteiger partial charge in [-0.05, 0) is 85.2 Å². The van der Waals surface area contributed by atoms with E-state index in [1.807, 2.05) is 35.6 Å². The number of hydrogen-bond donors (Lipinski definition) is 2. The third-order valence-corrected chi connectivity index (χ3v) is 7.71. The number of aromatic nitrogens is 1. The van der Waals surface area contributed by atoms with Crippen LogP contribution in [0.3, 0.4) is 0 Å². The Kier molecular flexibility index (Phi) is 6.43. The largest absolute Gasteiger partial charge is 0.456 e. The molecule has 0 saturated heterocycles. The average molecular weight is 633 g/mol. The first-order valence-electron chi connectivity index (χ1n) is 11.6. The average Bonchev–Trinajstić information content (AvgIpc) is 3.63. The van der Waals surface area contributed by atoms with Crippen LogP contribution in [0.25, 0.3) is 16.8 Å². The van der Waals surface area contributed by atoms with Gasteiger partial charge in [-0.3, -0.25) is 9.52 Å². The summed E-state index contributed by atoms with van der Waals surface area (Å²) in [7, 11) is -3.49. The van der Waals surface area contributed by atoms with Gasteiger partial charge in [0.25, 0.3) is 5.56 Å². The van der Waals surface area contributed by atoms with Gasteiger partial charge in [0.1, 0.15) is 17.1 Å². The zero-order valence-electron chi connectivity index (χ0n) is 20.5. The molecule has 0 amide bonds. The van der Waals surface area contributed by atoms with Crippen LogP contribution >= 0.6 is 22.6 Å². The van der Waals surface area contributed by atoms with E-state index in [1.165, 1.54) is 6.07 Å². The van der Waals surface area contributed by atoms with Crippen molar-refractivity contribution in [3.63, 3.8) is 0 Å². The molecule has 0 spiro atoms. The molecule has 10 heteroatoms. The van der Waals surface area contributed by atoms with Crippen LogP contribution in [0.4, 0.5) is 15.8 Å². The summed E-state index contributed by atoms with van der Waals surface area (Å²) in [5.41, 5.74) is 3.71. The van der Waals surface area contributed by atoms with E-state index in [1.54, 1.807) is 41.8 Å². The highest BCUT2D eigenvalue weighted by Gasteiger charge is 2.35. The van der Waals surface area contributed by atoms with E-state index in [0.717, 1.165) is 22.7 Å². The van der Waals surface area contributed by atoms with Crippen LogP contribution in [-0.2, 0) is 10.0 Å². The smallest absolute Gasteiger partial charge is 0.264 e. The number of anilines is 2. The molecule has 1 aliphatic heterocycles. The molecule has 0 bridgehead atoms. The molecule has 7 nitrogen and oxygen atoms in total. The van der Waals surface area contributed by atoms with Crippen molar-refractivity contribution in [2.45, 2.75) is 32.7 Å². The molecule has 0 radical (unpaired) electrons. The number of benzene rings is 2. The molecule has 2 N–H and O–H groups in total. The van der Waals surface area contributed by atoms with E-state index in [4.69, 9.17) is 4.74 Å². The Labute approximate surface area is 228 Å². The summed E-state index contributed by atoms with van der Waals surface area (Å²) < 4.78 is 49.7. The first-order valence-corrected chi connectivity index (χ1v) is 14.6. The van der Waals surface area contributed by atoms with Gasteiger partial charge in [-0.25, -0.2) is 12.8 Å². The summed E-state index contributed by atoms with van der Waals surface area (Å²) in [5, 5.41) is 3.14. The van der Waals surface area contributed by atoms with E-state index >= 15 is 0 Å². The maximum absolute atomic E-state index is 14.8. The summed E-state index contributed by atoms with van der Waals surface area (Å²) >= 11 is 2.04. The molecular formula is C27H25FIN3O4S. The molecule has 0 atom stereocenters. The van der Waals surface area contributed by atoms with E-state index in [9.17, 15) is 17.6 Å². The number of nitrogens with one attached hydrogen (secondary N) is 2. The van der Waals surface area contributed by atoms with Crippen molar-refractivity contribution < 1.29 is 17.5 Å². The van der Waals surface area contributed by atoms with Crippen LogP contribution in [0.2, 0.25) is 0 Å². The van der Waals surface area contributed by atoms with Crippen LogP contribution in [0.5, 0.6) is 5.75 Å². The van der Waals surface area contributed by atoms with Crippen molar-refractivity contribution in [3.8, 4) is 16.9 Å². The van der Waals surface area contributed by atoms with Gasteiger partial charge >= 0.3 is 0 Å². The maximum Gasteiger partial charge on any atom is 0.264 e. The Morgan fingerprint density at radius 3 is 2.51 bits per heavy atom. The van der Waals surface area contributed by atoms with E-state index < -0.39 is 15.8 Å². The first kappa shape index (κ1) is 25.5. The third-order valence-electron chi connectivity index (χ3n) is 6.44. The van der Waals surface area contributed by atoms with Crippen molar-refractivity contribution >= 4 is 49.7 Å². The van der Waals surface area contributed by atoms with E-state index in [0.29, 0.717) is 45.3 Å². The number of rotatable bonds is 6. The highest BCUT2D eigenvalue weighted by molar-refractivity contribution is 14.1. The number of hydrogen-bond acceptors (Lipinski definition) is 5. The van der Waals surface area contributed by atoms with E-state index in [2.05, 4.69) is 16.6 Å². The number of sulfonamides is 1. The molecule has 5 rings (SSSR count). The van der Waals surface area contributed by atoms with Gasteiger partial charge in [-0.1, -0.05) is 18.7 Å². The highest BCUT2D eigenvalue weighted by Crippen LogP contribution is 2.46. The number of ether oxygens (including phenoxy) is 1. The molecule has 37 heavy (non-hydrogen) atoms. The number of allylic oxidation sites excluding steroid dienone is 1. The van der Waals surface area contributed by atoms with Gasteiger partial charge < -0.3 is 14.6 Å². The Morgan fingerprint density at radius 2 is 1.86 bits per heavy atom. The van der Waals surface area contributed by atoms with Gasteiger partial charge in [0.05, 0.1) is 17.6 Å². The predicted octanol–water partition coefficient (Wildman–Crippen LogP) is 6.02. The Hall–Kier alpha value is -3.12. The summed E-state index contributed by atoms with van der Waals surface area (Å²) in [6, 6.07) is 11.8. The Bertz CT molecular complexity index is 1670. The van der Waals surface area contributed by atoms with Gasteiger partial charge in [-0.15, -0.1) is 0 Å². The summed E-state index contributed by atoms with van der Waals surface area (Å²) in [4.78, 5) is 13.9. The molecule has 2 heterocycles. The minimum Gasteiger partial charge on any atom is -0.456 e. The summed E-state index contributed by atoms with van der Waals surface area (Å²) in [5.74, 6) is 0.191. The van der Waals surface area contributed by atoms with Crippen molar-refractivity contribution in [1.82, 2.24) is 4.57 Å². The standard InChI is InChI=1S/C27H25FIN3O4S/c1-14-16(3)36-26-23(17-6-5-7-19(12-17)31-37(4,34)35)15(2)32(20-9-10-20)27(33)24(26)25(14)30-22-11-8-18(29)13-21(22)28/h5-8,11-13,20,30-31H,3,9-10H2,1-2,4H3. The number of fused-ring (bicyclic) bond motifs is 1. The maximum atomic E-state index is 14.8. The van der Waals surface area contributed by atoms with Crippen LogP contribution in [0, 0.1) is 16.3 Å². The van der Waals surface area contributed by atoms with Crippen LogP contribution < -0.4 is 20.3 Å². The SMILES string of the molecule is C=C1Oc2c(-c3cccc(NS(C)(=O)=O)c3)c(C)n(C3CC3)c(=O)c2C(Nc2ccc(I)cc2F)=C1C.